The highest BCUT2D eigenvalue weighted by atomic mass is 28.4. The molecule has 0 aliphatic rings. The van der Waals surface area contributed by atoms with Gasteiger partial charge in [-0.25, -0.2) is 9.78 Å². The summed E-state index contributed by atoms with van der Waals surface area (Å²) >= 11 is 0. The molecule has 0 radical (unpaired) electrons. The van der Waals surface area contributed by atoms with E-state index >= 15 is 0 Å². The van der Waals surface area contributed by atoms with Gasteiger partial charge >= 0.3 is 12.1 Å². The Labute approximate surface area is 114 Å². The summed E-state index contributed by atoms with van der Waals surface area (Å²) < 4.78 is 10.8. The number of rotatable bonds is 3. The van der Waals surface area contributed by atoms with Crippen molar-refractivity contribution in [2.24, 2.45) is 0 Å². The quantitative estimate of drug-likeness (QED) is 0.863. The maximum absolute atomic E-state index is 11.6. The maximum atomic E-state index is 11.6. The Bertz CT molecular complexity index is 452. The second-order valence-corrected chi connectivity index (χ2v) is 10.5. The minimum Gasteiger partial charge on any atom is -0.518 e. The highest BCUT2D eigenvalue weighted by Gasteiger charge is 2.19. The molecular formula is C12H21N3O3Si. The van der Waals surface area contributed by atoms with Crippen molar-refractivity contribution < 1.29 is 14.0 Å². The molecule has 6 nitrogen and oxygen atoms in total. The fourth-order valence-corrected chi connectivity index (χ4v) is 1.79. The Morgan fingerprint density at radius 3 is 2.47 bits per heavy atom. The molecule has 0 saturated heterocycles. The number of nitrogens with one attached hydrogen (secondary N) is 1. The fraction of sp³-hybridized carbons (Fsp3) is 0.583. The van der Waals surface area contributed by atoms with Crippen molar-refractivity contribution in [2.75, 3.05) is 5.32 Å². The molecule has 0 spiro atoms. The molecule has 0 aliphatic heterocycles. The van der Waals surface area contributed by atoms with Crippen LogP contribution in [0.2, 0.25) is 19.6 Å². The molecule has 0 atom stereocenters. The molecule has 0 aliphatic carbocycles. The summed E-state index contributed by atoms with van der Waals surface area (Å²) in [6, 6.07) is 1.86. The standard InChI is InChI=1S/C12H21N3O3Si/c1-12(2,3)17-11(16)15-9-7-8-13-10(14-9)18-19(4,5)6/h7-8H,1-6H3,(H,13,14,15,16). The number of hydrogen-bond donors (Lipinski definition) is 1. The molecule has 7 heteroatoms. The van der Waals surface area contributed by atoms with Crippen molar-refractivity contribution in [3.05, 3.63) is 12.3 Å². The van der Waals surface area contributed by atoms with Crippen LogP contribution >= 0.6 is 0 Å². The van der Waals surface area contributed by atoms with E-state index in [9.17, 15) is 4.79 Å². The van der Waals surface area contributed by atoms with Crippen LogP contribution in [0.15, 0.2) is 12.3 Å². The van der Waals surface area contributed by atoms with Gasteiger partial charge in [-0.15, -0.1) is 0 Å². The van der Waals surface area contributed by atoms with Crippen molar-refractivity contribution >= 4 is 20.2 Å². The van der Waals surface area contributed by atoms with Gasteiger partial charge in [0.1, 0.15) is 11.4 Å². The number of hydrogen-bond acceptors (Lipinski definition) is 5. The monoisotopic (exact) mass is 283 g/mol. The molecule has 1 rings (SSSR count). The molecule has 19 heavy (non-hydrogen) atoms. The molecule has 1 amide bonds. The number of amides is 1. The Morgan fingerprint density at radius 1 is 1.32 bits per heavy atom. The topological polar surface area (TPSA) is 73.3 Å². The predicted molar refractivity (Wildman–Crippen MR) is 75.9 cm³/mol. The number of nitrogens with zero attached hydrogens (tertiary/aromatic N) is 2. The lowest BCUT2D eigenvalue weighted by Crippen LogP contribution is -2.30. The van der Waals surface area contributed by atoms with Crippen molar-refractivity contribution in [2.45, 2.75) is 46.0 Å². The third-order valence-corrected chi connectivity index (χ3v) is 2.45. The largest absolute Gasteiger partial charge is 0.518 e. The molecule has 1 heterocycles. The number of carbonyl (C=O) groups is 1. The molecule has 0 fully saturated rings. The number of aromatic nitrogens is 2. The molecule has 1 N–H and O–H groups in total. The van der Waals surface area contributed by atoms with Crippen LogP contribution in [0.25, 0.3) is 0 Å². The van der Waals surface area contributed by atoms with Gasteiger partial charge in [0.05, 0.1) is 0 Å². The van der Waals surface area contributed by atoms with Gasteiger partial charge in [0, 0.05) is 6.20 Å². The Morgan fingerprint density at radius 2 is 1.95 bits per heavy atom. The van der Waals surface area contributed by atoms with Crippen LogP contribution in [-0.4, -0.2) is 30.0 Å². The lowest BCUT2D eigenvalue weighted by molar-refractivity contribution is 0.0635. The second-order valence-electron chi connectivity index (χ2n) is 6.07. The third-order valence-electron chi connectivity index (χ3n) is 1.66. The summed E-state index contributed by atoms with van der Waals surface area (Å²) in [5.41, 5.74) is -0.547. The van der Waals surface area contributed by atoms with Gasteiger partial charge in [0.15, 0.2) is 0 Å². The van der Waals surface area contributed by atoms with E-state index in [0.29, 0.717) is 5.82 Å². The Kier molecular flexibility index (Phi) is 4.51. The molecule has 0 aromatic carbocycles. The number of ether oxygens (including phenoxy) is 1. The summed E-state index contributed by atoms with van der Waals surface area (Å²) in [6.45, 7) is 11.5. The summed E-state index contributed by atoms with van der Waals surface area (Å²) in [6.07, 6.45) is 0.986. The van der Waals surface area contributed by atoms with E-state index in [1.54, 1.807) is 26.8 Å². The van der Waals surface area contributed by atoms with Crippen molar-refractivity contribution in [1.29, 1.82) is 0 Å². The number of carbonyl (C=O) groups excluding carboxylic acids is 1. The molecule has 1 aromatic rings. The van der Waals surface area contributed by atoms with Crippen LogP contribution in [0.5, 0.6) is 6.01 Å². The van der Waals surface area contributed by atoms with Crippen molar-refractivity contribution in [1.82, 2.24) is 9.97 Å². The van der Waals surface area contributed by atoms with Gasteiger partial charge in [-0.05, 0) is 46.5 Å². The van der Waals surface area contributed by atoms with E-state index < -0.39 is 20.0 Å². The first-order chi connectivity index (χ1) is 8.55. The summed E-state index contributed by atoms with van der Waals surface area (Å²) in [5.74, 6) is 0.359. The Hall–Kier alpha value is -1.63. The van der Waals surface area contributed by atoms with Crippen LogP contribution in [0.1, 0.15) is 20.8 Å². The van der Waals surface area contributed by atoms with Gasteiger partial charge in [0.2, 0.25) is 8.32 Å². The molecule has 1 aromatic heterocycles. The normalized spacial score (nSPS) is 11.9. The smallest absolute Gasteiger partial charge is 0.413 e. The van der Waals surface area contributed by atoms with E-state index in [0.717, 1.165) is 0 Å². The van der Waals surface area contributed by atoms with Crippen LogP contribution < -0.4 is 9.74 Å². The zero-order valence-electron chi connectivity index (χ0n) is 12.3. The van der Waals surface area contributed by atoms with Gasteiger partial charge < -0.3 is 9.16 Å². The average molecular weight is 283 g/mol. The SMILES string of the molecule is CC(C)(C)OC(=O)Nc1ccnc(O[Si](C)(C)C)n1. The number of anilines is 1. The summed E-state index contributed by atoms with van der Waals surface area (Å²) in [4.78, 5) is 19.7. The highest BCUT2D eigenvalue weighted by molar-refractivity contribution is 6.70. The summed E-state index contributed by atoms with van der Waals surface area (Å²) in [5, 5.41) is 2.55. The van der Waals surface area contributed by atoms with E-state index in [1.807, 2.05) is 19.6 Å². The lowest BCUT2D eigenvalue weighted by Gasteiger charge is -2.20. The molecular weight excluding hydrogens is 262 g/mol. The predicted octanol–water partition coefficient (Wildman–Crippen LogP) is 3.04. The first-order valence-corrected chi connectivity index (χ1v) is 9.48. The highest BCUT2D eigenvalue weighted by Crippen LogP contribution is 2.14. The second kappa shape index (κ2) is 5.56. The van der Waals surface area contributed by atoms with Crippen LogP contribution in [0, 0.1) is 0 Å². The minimum absolute atomic E-state index is 0.271. The van der Waals surface area contributed by atoms with E-state index in [2.05, 4.69) is 15.3 Å². The minimum atomic E-state index is -1.77. The van der Waals surface area contributed by atoms with E-state index in [4.69, 9.17) is 9.16 Å². The Balaban J connectivity index is 2.70. The van der Waals surface area contributed by atoms with Gasteiger partial charge in [-0.2, -0.15) is 4.98 Å². The van der Waals surface area contributed by atoms with Gasteiger partial charge in [-0.1, -0.05) is 0 Å². The van der Waals surface area contributed by atoms with Crippen molar-refractivity contribution in [3.63, 3.8) is 0 Å². The third kappa shape index (κ3) is 6.75. The average Bonchev–Trinajstić information content (AvgIpc) is 2.11. The van der Waals surface area contributed by atoms with Gasteiger partial charge in [0.25, 0.3) is 0 Å². The zero-order chi connectivity index (χ0) is 14.7. The first kappa shape index (κ1) is 15.4. The lowest BCUT2D eigenvalue weighted by atomic mass is 10.2. The van der Waals surface area contributed by atoms with Crippen LogP contribution in [0.4, 0.5) is 10.6 Å². The maximum Gasteiger partial charge on any atom is 0.413 e. The van der Waals surface area contributed by atoms with Crippen LogP contribution in [-0.2, 0) is 4.74 Å². The molecule has 0 unspecified atom stereocenters. The first-order valence-electron chi connectivity index (χ1n) is 6.07. The molecule has 0 bridgehead atoms. The van der Waals surface area contributed by atoms with Gasteiger partial charge in [-0.3, -0.25) is 5.32 Å². The molecule has 0 saturated carbocycles. The van der Waals surface area contributed by atoms with Crippen molar-refractivity contribution in [3.8, 4) is 6.01 Å². The zero-order valence-corrected chi connectivity index (χ0v) is 13.3. The summed E-state index contributed by atoms with van der Waals surface area (Å²) in [7, 11) is -1.77. The fourth-order valence-electron chi connectivity index (χ4n) is 1.14. The van der Waals surface area contributed by atoms with E-state index in [-0.39, 0.29) is 6.01 Å². The molecule has 106 valence electrons. The van der Waals surface area contributed by atoms with Crippen LogP contribution in [0.3, 0.4) is 0 Å². The van der Waals surface area contributed by atoms with E-state index in [1.165, 1.54) is 6.20 Å².